The molecule has 0 amide bonds. The molecule has 1 aromatic rings. The molecule has 0 radical (unpaired) electrons. The van der Waals surface area contributed by atoms with Gasteiger partial charge in [-0.15, -0.1) is 0 Å². The first-order valence-electron chi connectivity index (χ1n) is 7.22. The Morgan fingerprint density at radius 2 is 2.11 bits per heavy atom. The van der Waals surface area contributed by atoms with E-state index in [0.29, 0.717) is 0 Å². The van der Waals surface area contributed by atoms with Crippen LogP contribution in [0.4, 0.5) is 11.5 Å². The molecule has 2 rings (SSSR count). The number of nitrogens with one attached hydrogen (secondary N) is 1. The summed E-state index contributed by atoms with van der Waals surface area (Å²) in [7, 11) is 0. The monoisotopic (exact) mass is 263 g/mol. The Morgan fingerprint density at radius 3 is 2.63 bits per heavy atom. The Hall–Kier alpha value is -1.29. The highest BCUT2D eigenvalue weighted by Crippen LogP contribution is 2.22. The summed E-state index contributed by atoms with van der Waals surface area (Å²) in [5.74, 6) is 1.07. The van der Waals surface area contributed by atoms with Crippen molar-refractivity contribution in [2.24, 2.45) is 5.41 Å². The Bertz CT molecular complexity index is 381. The third kappa shape index (κ3) is 3.60. The number of aliphatic hydroxyl groups excluding tert-OH is 1. The molecule has 1 unspecified atom stereocenters. The van der Waals surface area contributed by atoms with Gasteiger partial charge in [0.1, 0.15) is 5.82 Å². The van der Waals surface area contributed by atoms with Gasteiger partial charge in [-0.05, 0) is 31.4 Å². The molecular weight excluding hydrogens is 238 g/mol. The van der Waals surface area contributed by atoms with Crippen molar-refractivity contribution in [2.45, 2.75) is 33.1 Å². The molecule has 4 nitrogen and oxygen atoms in total. The molecule has 0 aliphatic carbocycles. The molecule has 4 heteroatoms. The molecule has 2 heterocycles. The van der Waals surface area contributed by atoms with Crippen LogP contribution in [0.15, 0.2) is 18.3 Å². The van der Waals surface area contributed by atoms with Gasteiger partial charge in [0.25, 0.3) is 0 Å². The number of pyridine rings is 1. The van der Waals surface area contributed by atoms with E-state index in [2.05, 4.69) is 41.2 Å². The molecule has 106 valence electrons. The minimum absolute atomic E-state index is 0.0619. The van der Waals surface area contributed by atoms with Crippen LogP contribution in [-0.4, -0.2) is 36.3 Å². The molecule has 0 aromatic carbocycles. The van der Waals surface area contributed by atoms with E-state index < -0.39 is 0 Å². The van der Waals surface area contributed by atoms with Crippen LogP contribution in [0.25, 0.3) is 0 Å². The van der Waals surface area contributed by atoms with Crippen LogP contribution < -0.4 is 10.2 Å². The molecule has 1 aliphatic rings. The standard InChI is InChI=1S/C15H25N3O/c1-3-15(2,12-19)11-17-13-6-7-14(16-10-13)18-8-4-5-9-18/h6-7,10,17,19H,3-5,8-9,11-12H2,1-2H3. The normalized spacial score (nSPS) is 18.4. The quantitative estimate of drug-likeness (QED) is 0.828. The first kappa shape index (κ1) is 14.1. The lowest BCUT2D eigenvalue weighted by Gasteiger charge is -2.26. The van der Waals surface area contributed by atoms with Crippen molar-refractivity contribution in [1.29, 1.82) is 0 Å². The Balaban J connectivity index is 1.91. The van der Waals surface area contributed by atoms with Crippen LogP contribution in [0, 0.1) is 5.41 Å². The van der Waals surface area contributed by atoms with Crippen LogP contribution in [0.3, 0.4) is 0 Å². The number of hydrogen-bond donors (Lipinski definition) is 2. The van der Waals surface area contributed by atoms with Crippen molar-refractivity contribution in [3.05, 3.63) is 18.3 Å². The van der Waals surface area contributed by atoms with Crippen LogP contribution in [0.5, 0.6) is 0 Å². The molecule has 0 bridgehead atoms. The lowest BCUT2D eigenvalue weighted by atomic mass is 9.88. The van der Waals surface area contributed by atoms with Gasteiger partial charge in [-0.25, -0.2) is 4.98 Å². The molecule has 1 fully saturated rings. The second-order valence-electron chi connectivity index (χ2n) is 5.78. The van der Waals surface area contributed by atoms with E-state index in [1.807, 2.05) is 6.20 Å². The van der Waals surface area contributed by atoms with E-state index in [4.69, 9.17) is 0 Å². The van der Waals surface area contributed by atoms with Crippen molar-refractivity contribution < 1.29 is 5.11 Å². The number of hydrogen-bond acceptors (Lipinski definition) is 4. The third-order valence-electron chi connectivity index (χ3n) is 4.13. The largest absolute Gasteiger partial charge is 0.396 e. The van der Waals surface area contributed by atoms with Gasteiger partial charge < -0.3 is 15.3 Å². The third-order valence-corrected chi connectivity index (χ3v) is 4.13. The fourth-order valence-corrected chi connectivity index (χ4v) is 2.23. The SMILES string of the molecule is CCC(C)(CO)CNc1ccc(N2CCCC2)nc1. The Labute approximate surface area is 115 Å². The summed E-state index contributed by atoms with van der Waals surface area (Å²) in [6, 6.07) is 4.16. The molecule has 1 atom stereocenters. The van der Waals surface area contributed by atoms with Gasteiger partial charge in [0.15, 0.2) is 0 Å². The highest BCUT2D eigenvalue weighted by molar-refractivity contribution is 5.49. The molecule has 1 aromatic heterocycles. The average molecular weight is 263 g/mol. The summed E-state index contributed by atoms with van der Waals surface area (Å²) in [6.45, 7) is 7.41. The second-order valence-corrected chi connectivity index (χ2v) is 5.78. The van der Waals surface area contributed by atoms with Crippen LogP contribution in [0.2, 0.25) is 0 Å². The van der Waals surface area contributed by atoms with Gasteiger partial charge in [-0.1, -0.05) is 13.8 Å². The fraction of sp³-hybridized carbons (Fsp3) is 0.667. The number of rotatable bonds is 6. The average Bonchev–Trinajstić information content (AvgIpc) is 2.99. The van der Waals surface area contributed by atoms with E-state index >= 15 is 0 Å². The van der Waals surface area contributed by atoms with E-state index in [9.17, 15) is 5.11 Å². The highest BCUT2D eigenvalue weighted by Gasteiger charge is 2.20. The van der Waals surface area contributed by atoms with E-state index in [-0.39, 0.29) is 12.0 Å². The van der Waals surface area contributed by atoms with Gasteiger partial charge in [-0.3, -0.25) is 0 Å². The highest BCUT2D eigenvalue weighted by atomic mass is 16.3. The summed E-state index contributed by atoms with van der Waals surface area (Å²) in [5, 5.41) is 12.8. The van der Waals surface area contributed by atoms with Crippen LogP contribution in [-0.2, 0) is 0 Å². The zero-order valence-corrected chi connectivity index (χ0v) is 12.0. The summed E-state index contributed by atoms with van der Waals surface area (Å²) in [6.07, 6.45) is 5.39. The molecule has 1 aliphatic heterocycles. The molecule has 1 saturated heterocycles. The van der Waals surface area contributed by atoms with Crippen molar-refractivity contribution in [3.8, 4) is 0 Å². The maximum absolute atomic E-state index is 9.39. The van der Waals surface area contributed by atoms with Crippen molar-refractivity contribution in [3.63, 3.8) is 0 Å². The lowest BCUT2D eigenvalue weighted by Crippen LogP contribution is -2.29. The Kier molecular flexibility index (Phi) is 4.64. The van der Waals surface area contributed by atoms with Crippen LogP contribution >= 0.6 is 0 Å². The molecule has 0 spiro atoms. The zero-order valence-electron chi connectivity index (χ0n) is 12.0. The summed E-state index contributed by atoms with van der Waals surface area (Å²) in [4.78, 5) is 6.84. The van der Waals surface area contributed by atoms with Crippen molar-refractivity contribution >= 4 is 11.5 Å². The molecule has 0 saturated carbocycles. The number of nitrogens with zero attached hydrogens (tertiary/aromatic N) is 2. The van der Waals surface area contributed by atoms with Crippen molar-refractivity contribution in [1.82, 2.24) is 4.98 Å². The number of aliphatic hydroxyl groups is 1. The molecule has 19 heavy (non-hydrogen) atoms. The van der Waals surface area contributed by atoms with Gasteiger partial charge in [0.05, 0.1) is 18.5 Å². The smallest absolute Gasteiger partial charge is 0.128 e. The first-order chi connectivity index (χ1) is 9.17. The lowest BCUT2D eigenvalue weighted by molar-refractivity contribution is 0.149. The maximum Gasteiger partial charge on any atom is 0.128 e. The minimum Gasteiger partial charge on any atom is -0.396 e. The second kappa shape index (κ2) is 6.24. The minimum atomic E-state index is -0.0619. The topological polar surface area (TPSA) is 48.4 Å². The van der Waals surface area contributed by atoms with Crippen LogP contribution in [0.1, 0.15) is 33.1 Å². The molecular formula is C15H25N3O. The summed E-state index contributed by atoms with van der Waals surface area (Å²) in [5.41, 5.74) is 0.962. The molecule has 2 N–H and O–H groups in total. The van der Waals surface area contributed by atoms with E-state index in [1.54, 1.807) is 0 Å². The van der Waals surface area contributed by atoms with Gasteiger partial charge in [0, 0.05) is 25.0 Å². The van der Waals surface area contributed by atoms with Gasteiger partial charge in [0.2, 0.25) is 0 Å². The maximum atomic E-state index is 9.39. The van der Waals surface area contributed by atoms with E-state index in [1.165, 1.54) is 12.8 Å². The fourth-order valence-electron chi connectivity index (χ4n) is 2.23. The number of aromatic nitrogens is 1. The summed E-state index contributed by atoms with van der Waals surface area (Å²) >= 11 is 0. The Morgan fingerprint density at radius 1 is 1.37 bits per heavy atom. The number of anilines is 2. The van der Waals surface area contributed by atoms with Gasteiger partial charge >= 0.3 is 0 Å². The summed E-state index contributed by atoms with van der Waals surface area (Å²) < 4.78 is 0. The van der Waals surface area contributed by atoms with Crippen molar-refractivity contribution in [2.75, 3.05) is 36.5 Å². The predicted molar refractivity (Wildman–Crippen MR) is 79.7 cm³/mol. The predicted octanol–water partition coefficient (Wildman–Crippen LogP) is 2.50. The van der Waals surface area contributed by atoms with E-state index in [0.717, 1.165) is 37.6 Å². The van der Waals surface area contributed by atoms with Gasteiger partial charge in [-0.2, -0.15) is 0 Å². The first-order valence-corrected chi connectivity index (χ1v) is 7.22. The zero-order chi connectivity index (χ0) is 13.7.